The molecule has 0 fully saturated rings. The Hall–Kier alpha value is -2.09. The Kier molecular flexibility index (Phi) is 6.04. The minimum Gasteiger partial charge on any atom is -0.494 e. The molecule has 0 aliphatic rings. The van der Waals surface area contributed by atoms with Gasteiger partial charge in [-0.15, -0.1) is 0 Å². The fraction of sp³-hybridized carbons (Fsp3) is 0.263. The quantitative estimate of drug-likeness (QED) is 0.495. The summed E-state index contributed by atoms with van der Waals surface area (Å²) in [4.78, 5) is 17.4. The van der Waals surface area contributed by atoms with Crippen molar-refractivity contribution in [3.8, 4) is 5.75 Å². The molecular weight excluding hydrogens is 391 g/mol. The number of thioether (sulfide) groups is 1. The lowest BCUT2D eigenvalue weighted by Gasteiger charge is -2.14. The SMILES string of the molecule is COc1ccc(CSc2nc3cc(Cl)ccc3c(=O)n2C[C@@H](C)O)cc1F. The van der Waals surface area contributed by atoms with E-state index in [1.54, 1.807) is 37.3 Å². The van der Waals surface area contributed by atoms with E-state index in [4.69, 9.17) is 16.3 Å². The first kappa shape index (κ1) is 19.7. The first-order chi connectivity index (χ1) is 12.9. The molecule has 142 valence electrons. The second-order valence-corrected chi connectivity index (χ2v) is 7.46. The summed E-state index contributed by atoms with van der Waals surface area (Å²) in [6, 6.07) is 9.58. The van der Waals surface area contributed by atoms with Crippen molar-refractivity contribution in [1.82, 2.24) is 9.55 Å². The number of hydrogen-bond acceptors (Lipinski definition) is 5. The van der Waals surface area contributed by atoms with Crippen molar-refractivity contribution >= 4 is 34.3 Å². The summed E-state index contributed by atoms with van der Waals surface area (Å²) < 4.78 is 20.2. The van der Waals surface area contributed by atoms with Crippen molar-refractivity contribution in [2.24, 2.45) is 0 Å². The second kappa shape index (κ2) is 8.29. The Bertz CT molecular complexity index is 1040. The number of aromatic nitrogens is 2. The van der Waals surface area contributed by atoms with Crippen LogP contribution < -0.4 is 10.3 Å². The standard InChI is InChI=1S/C19H18ClFN2O3S/c1-11(24)9-23-18(25)14-5-4-13(20)8-16(14)22-19(23)27-10-12-3-6-17(26-2)15(21)7-12/h3-8,11,24H,9-10H2,1-2H3/t11-/m1/s1. The van der Waals surface area contributed by atoms with Crippen LogP contribution in [0.5, 0.6) is 5.75 Å². The molecule has 2 aromatic carbocycles. The van der Waals surface area contributed by atoms with Crippen LogP contribution in [0.25, 0.3) is 10.9 Å². The molecule has 3 aromatic rings. The molecule has 0 aliphatic heterocycles. The number of aliphatic hydroxyl groups is 1. The smallest absolute Gasteiger partial charge is 0.262 e. The summed E-state index contributed by atoms with van der Waals surface area (Å²) in [5.74, 6) is 0.127. The zero-order chi connectivity index (χ0) is 19.6. The largest absolute Gasteiger partial charge is 0.494 e. The van der Waals surface area contributed by atoms with Crippen LogP contribution in [-0.4, -0.2) is 27.9 Å². The highest BCUT2D eigenvalue weighted by atomic mass is 35.5. The van der Waals surface area contributed by atoms with Crippen LogP contribution in [-0.2, 0) is 12.3 Å². The van der Waals surface area contributed by atoms with Gasteiger partial charge in [-0.05, 0) is 42.8 Å². The van der Waals surface area contributed by atoms with Crippen LogP contribution in [0.2, 0.25) is 5.02 Å². The van der Waals surface area contributed by atoms with E-state index >= 15 is 0 Å². The van der Waals surface area contributed by atoms with Crippen molar-refractivity contribution in [3.63, 3.8) is 0 Å². The fourth-order valence-corrected chi connectivity index (χ4v) is 3.77. The van der Waals surface area contributed by atoms with Crippen molar-refractivity contribution < 1.29 is 14.2 Å². The van der Waals surface area contributed by atoms with E-state index < -0.39 is 11.9 Å². The number of fused-ring (bicyclic) bond motifs is 1. The maximum atomic E-state index is 13.9. The maximum absolute atomic E-state index is 13.9. The lowest BCUT2D eigenvalue weighted by molar-refractivity contribution is 0.168. The fourth-order valence-electron chi connectivity index (χ4n) is 2.66. The van der Waals surface area contributed by atoms with Crippen molar-refractivity contribution in [2.45, 2.75) is 30.5 Å². The number of aliphatic hydroxyl groups excluding tert-OH is 1. The van der Waals surface area contributed by atoms with E-state index in [0.717, 1.165) is 5.56 Å². The first-order valence-corrected chi connectivity index (χ1v) is 9.58. The van der Waals surface area contributed by atoms with Gasteiger partial charge in [-0.1, -0.05) is 29.4 Å². The molecular formula is C19H18ClFN2O3S. The second-order valence-electron chi connectivity index (χ2n) is 6.08. The van der Waals surface area contributed by atoms with E-state index in [1.165, 1.54) is 29.5 Å². The third-order valence-corrected chi connectivity index (χ3v) is 5.20. The Morgan fingerprint density at radius 2 is 2.11 bits per heavy atom. The van der Waals surface area contributed by atoms with E-state index in [-0.39, 0.29) is 17.9 Å². The molecule has 1 aromatic heterocycles. The van der Waals surface area contributed by atoms with Gasteiger partial charge in [0.25, 0.3) is 5.56 Å². The molecule has 0 saturated carbocycles. The van der Waals surface area contributed by atoms with Crippen molar-refractivity contribution in [2.75, 3.05) is 7.11 Å². The van der Waals surface area contributed by atoms with Gasteiger partial charge < -0.3 is 9.84 Å². The first-order valence-electron chi connectivity index (χ1n) is 8.22. The molecule has 0 aliphatic carbocycles. The number of methoxy groups -OCH3 is 1. The normalized spacial score (nSPS) is 12.3. The number of halogens is 2. The zero-order valence-corrected chi connectivity index (χ0v) is 16.4. The molecule has 8 heteroatoms. The van der Waals surface area contributed by atoms with Gasteiger partial charge in [0.05, 0.1) is 30.7 Å². The lowest BCUT2D eigenvalue weighted by Crippen LogP contribution is -2.27. The molecule has 0 spiro atoms. The molecule has 0 amide bonds. The van der Waals surface area contributed by atoms with Gasteiger partial charge in [-0.3, -0.25) is 9.36 Å². The minimum atomic E-state index is -0.716. The predicted octanol–water partition coefficient (Wildman–Crippen LogP) is 3.87. The highest BCUT2D eigenvalue weighted by Crippen LogP contribution is 2.26. The van der Waals surface area contributed by atoms with Crippen LogP contribution in [0.15, 0.2) is 46.3 Å². The summed E-state index contributed by atoms with van der Waals surface area (Å²) in [5.41, 5.74) is 0.959. The van der Waals surface area contributed by atoms with Gasteiger partial charge in [0.1, 0.15) is 0 Å². The third kappa shape index (κ3) is 4.43. The number of rotatable bonds is 6. The monoisotopic (exact) mass is 408 g/mol. The van der Waals surface area contributed by atoms with Gasteiger partial charge in [-0.25, -0.2) is 9.37 Å². The van der Waals surface area contributed by atoms with Crippen LogP contribution in [0.3, 0.4) is 0 Å². The number of ether oxygens (including phenoxy) is 1. The van der Waals surface area contributed by atoms with Gasteiger partial charge in [0.2, 0.25) is 0 Å². The predicted molar refractivity (Wildman–Crippen MR) is 105 cm³/mol. The molecule has 5 nitrogen and oxygen atoms in total. The number of hydrogen-bond donors (Lipinski definition) is 1. The summed E-state index contributed by atoms with van der Waals surface area (Å²) in [6.07, 6.45) is -0.716. The average molecular weight is 409 g/mol. The Labute approximate surface area is 164 Å². The molecule has 1 heterocycles. The van der Waals surface area contributed by atoms with Gasteiger partial charge in [0, 0.05) is 10.8 Å². The van der Waals surface area contributed by atoms with Crippen molar-refractivity contribution in [1.29, 1.82) is 0 Å². The van der Waals surface area contributed by atoms with Gasteiger partial charge in [0.15, 0.2) is 16.7 Å². The van der Waals surface area contributed by atoms with Gasteiger partial charge >= 0.3 is 0 Å². The third-order valence-electron chi connectivity index (χ3n) is 3.91. The summed E-state index contributed by atoms with van der Waals surface area (Å²) in [5, 5.41) is 11.1. The Balaban J connectivity index is 1.98. The van der Waals surface area contributed by atoms with Gasteiger partial charge in [-0.2, -0.15) is 0 Å². The molecule has 0 saturated heterocycles. The average Bonchev–Trinajstić information content (AvgIpc) is 2.62. The zero-order valence-electron chi connectivity index (χ0n) is 14.8. The maximum Gasteiger partial charge on any atom is 0.262 e. The van der Waals surface area contributed by atoms with Crippen LogP contribution in [0.4, 0.5) is 4.39 Å². The topological polar surface area (TPSA) is 64.3 Å². The minimum absolute atomic E-state index is 0.115. The molecule has 27 heavy (non-hydrogen) atoms. The molecule has 3 rings (SSSR count). The number of benzene rings is 2. The van der Waals surface area contributed by atoms with E-state index in [2.05, 4.69) is 4.98 Å². The van der Waals surface area contributed by atoms with Crippen LogP contribution >= 0.6 is 23.4 Å². The number of nitrogens with zero attached hydrogens (tertiary/aromatic N) is 2. The Morgan fingerprint density at radius 3 is 2.78 bits per heavy atom. The molecule has 0 unspecified atom stereocenters. The molecule has 1 atom stereocenters. The molecule has 0 radical (unpaired) electrons. The highest BCUT2D eigenvalue weighted by molar-refractivity contribution is 7.98. The molecule has 1 N–H and O–H groups in total. The summed E-state index contributed by atoms with van der Waals surface area (Å²) in [6.45, 7) is 1.72. The van der Waals surface area contributed by atoms with E-state index in [1.807, 2.05) is 0 Å². The molecule has 0 bridgehead atoms. The van der Waals surface area contributed by atoms with E-state index in [9.17, 15) is 14.3 Å². The summed E-state index contributed by atoms with van der Waals surface area (Å²) >= 11 is 7.31. The Morgan fingerprint density at radius 1 is 1.33 bits per heavy atom. The van der Waals surface area contributed by atoms with E-state index in [0.29, 0.717) is 26.8 Å². The van der Waals surface area contributed by atoms with Crippen LogP contribution in [0.1, 0.15) is 12.5 Å². The van der Waals surface area contributed by atoms with Crippen molar-refractivity contribution in [3.05, 3.63) is 63.2 Å². The summed E-state index contributed by atoms with van der Waals surface area (Å²) in [7, 11) is 1.41. The lowest BCUT2D eigenvalue weighted by atomic mass is 10.2. The highest BCUT2D eigenvalue weighted by Gasteiger charge is 2.14. The van der Waals surface area contributed by atoms with Crippen LogP contribution in [0, 0.1) is 5.82 Å².